The molecule has 1 rings (SSSR count). The van der Waals surface area contributed by atoms with Crippen molar-refractivity contribution in [3.63, 3.8) is 0 Å². The smallest absolute Gasteiger partial charge is 0.0330 e. The molecule has 0 aromatic rings. The molecule has 1 saturated carbocycles. The second-order valence-electron chi connectivity index (χ2n) is 5.97. The van der Waals surface area contributed by atoms with Crippen LogP contribution in [0.1, 0.15) is 40.0 Å². The van der Waals surface area contributed by atoms with Gasteiger partial charge in [-0.2, -0.15) is 0 Å². The Kier molecular flexibility index (Phi) is 5.42. The van der Waals surface area contributed by atoms with Gasteiger partial charge in [-0.25, -0.2) is 0 Å². The molecule has 0 aromatic carbocycles. The summed E-state index contributed by atoms with van der Waals surface area (Å²) in [7, 11) is 6.72. The Hall–Kier alpha value is -0.120. The fraction of sp³-hybridized carbons (Fsp3) is 1.00. The van der Waals surface area contributed by atoms with Gasteiger partial charge in [-0.15, -0.1) is 0 Å². The first-order valence-corrected chi connectivity index (χ1v) is 7.04. The molecule has 1 N–H and O–H groups in total. The van der Waals surface area contributed by atoms with E-state index in [1.165, 1.54) is 25.8 Å². The first kappa shape index (κ1) is 14.9. The van der Waals surface area contributed by atoms with Crippen molar-refractivity contribution in [1.82, 2.24) is 15.1 Å². The standard InChI is InChI=1S/C14H31N3/c1-7-15-12(2)13(3)17(6)11-14(16(4)5)9-8-10-14/h12-13,15H,7-11H2,1-6H3. The van der Waals surface area contributed by atoms with Gasteiger partial charge in [-0.1, -0.05) is 6.92 Å². The molecule has 0 aromatic heterocycles. The maximum atomic E-state index is 3.52. The van der Waals surface area contributed by atoms with Crippen molar-refractivity contribution < 1.29 is 0 Å². The average Bonchev–Trinajstić information content (AvgIpc) is 2.21. The van der Waals surface area contributed by atoms with Crippen molar-refractivity contribution in [2.45, 2.75) is 57.7 Å². The summed E-state index contributed by atoms with van der Waals surface area (Å²) in [6.45, 7) is 9.04. The predicted octanol–water partition coefficient (Wildman–Crippen LogP) is 1.79. The van der Waals surface area contributed by atoms with Gasteiger partial charge in [-0.05, 0) is 60.8 Å². The van der Waals surface area contributed by atoms with E-state index in [1.807, 2.05) is 0 Å². The monoisotopic (exact) mass is 241 g/mol. The highest BCUT2D eigenvalue weighted by Gasteiger charge is 2.40. The van der Waals surface area contributed by atoms with Crippen molar-refractivity contribution in [3.8, 4) is 0 Å². The molecule has 0 amide bonds. The fourth-order valence-electron chi connectivity index (χ4n) is 2.81. The highest BCUT2D eigenvalue weighted by Crippen LogP contribution is 2.36. The van der Waals surface area contributed by atoms with E-state index >= 15 is 0 Å². The third-order valence-corrected chi connectivity index (χ3v) is 4.72. The molecular weight excluding hydrogens is 210 g/mol. The van der Waals surface area contributed by atoms with Gasteiger partial charge >= 0.3 is 0 Å². The van der Waals surface area contributed by atoms with Crippen LogP contribution in [0.5, 0.6) is 0 Å². The molecule has 1 aliphatic rings. The van der Waals surface area contributed by atoms with Crippen molar-refractivity contribution in [2.75, 3.05) is 34.2 Å². The van der Waals surface area contributed by atoms with E-state index in [1.54, 1.807) is 0 Å². The van der Waals surface area contributed by atoms with Crippen LogP contribution in [0.15, 0.2) is 0 Å². The minimum absolute atomic E-state index is 0.439. The van der Waals surface area contributed by atoms with Crippen LogP contribution < -0.4 is 5.32 Å². The summed E-state index contributed by atoms with van der Waals surface area (Å²) in [6, 6.07) is 1.15. The topological polar surface area (TPSA) is 18.5 Å². The van der Waals surface area contributed by atoms with Crippen LogP contribution in [0, 0.1) is 0 Å². The normalized spacial score (nSPS) is 22.6. The van der Waals surface area contributed by atoms with Crippen LogP contribution in [-0.2, 0) is 0 Å². The zero-order valence-corrected chi connectivity index (χ0v) is 12.6. The van der Waals surface area contributed by atoms with Gasteiger partial charge in [0.1, 0.15) is 0 Å². The van der Waals surface area contributed by atoms with E-state index in [4.69, 9.17) is 0 Å². The van der Waals surface area contributed by atoms with Gasteiger partial charge in [0.2, 0.25) is 0 Å². The number of nitrogens with one attached hydrogen (secondary N) is 1. The summed E-state index contributed by atoms with van der Waals surface area (Å²) in [5.41, 5.74) is 0.439. The van der Waals surface area contributed by atoms with E-state index in [0.29, 0.717) is 17.6 Å². The zero-order valence-electron chi connectivity index (χ0n) is 12.6. The lowest BCUT2D eigenvalue weighted by atomic mass is 9.75. The van der Waals surface area contributed by atoms with Crippen molar-refractivity contribution in [3.05, 3.63) is 0 Å². The molecule has 1 fully saturated rings. The van der Waals surface area contributed by atoms with Gasteiger partial charge in [-0.3, -0.25) is 0 Å². The Bertz CT molecular complexity index is 224. The highest BCUT2D eigenvalue weighted by molar-refractivity contribution is 4.98. The summed E-state index contributed by atoms with van der Waals surface area (Å²) >= 11 is 0. The zero-order chi connectivity index (χ0) is 13.1. The van der Waals surface area contributed by atoms with E-state index in [-0.39, 0.29) is 0 Å². The largest absolute Gasteiger partial charge is 0.313 e. The average molecular weight is 241 g/mol. The van der Waals surface area contributed by atoms with Crippen LogP contribution in [0.3, 0.4) is 0 Å². The molecule has 3 nitrogen and oxygen atoms in total. The molecule has 3 heteroatoms. The predicted molar refractivity (Wildman–Crippen MR) is 75.5 cm³/mol. The molecule has 2 unspecified atom stereocenters. The summed E-state index contributed by atoms with van der Waals surface area (Å²) in [5, 5.41) is 3.52. The lowest BCUT2D eigenvalue weighted by molar-refractivity contribution is 0.0144. The molecule has 0 radical (unpaired) electrons. The van der Waals surface area contributed by atoms with Crippen LogP contribution >= 0.6 is 0 Å². The minimum Gasteiger partial charge on any atom is -0.313 e. The van der Waals surface area contributed by atoms with Gasteiger partial charge in [0.05, 0.1) is 0 Å². The van der Waals surface area contributed by atoms with Crippen molar-refractivity contribution >= 4 is 0 Å². The molecule has 2 atom stereocenters. The van der Waals surface area contributed by atoms with Crippen LogP contribution in [-0.4, -0.2) is 61.7 Å². The maximum absolute atomic E-state index is 3.52. The lowest BCUT2D eigenvalue weighted by Crippen LogP contribution is -2.59. The first-order valence-electron chi connectivity index (χ1n) is 7.04. The molecule has 102 valence electrons. The molecule has 0 spiro atoms. The Morgan fingerprint density at radius 2 is 1.76 bits per heavy atom. The second kappa shape index (κ2) is 6.17. The Labute approximate surface area is 108 Å². The van der Waals surface area contributed by atoms with E-state index in [9.17, 15) is 0 Å². The van der Waals surface area contributed by atoms with E-state index in [2.05, 4.69) is 57.0 Å². The van der Waals surface area contributed by atoms with Crippen LogP contribution in [0.2, 0.25) is 0 Å². The van der Waals surface area contributed by atoms with Gasteiger partial charge < -0.3 is 15.1 Å². The first-order chi connectivity index (χ1) is 7.93. The number of likely N-dealkylation sites (N-methyl/N-ethyl adjacent to an activating group) is 3. The number of hydrogen-bond acceptors (Lipinski definition) is 3. The molecule has 0 saturated heterocycles. The van der Waals surface area contributed by atoms with Crippen molar-refractivity contribution in [2.24, 2.45) is 0 Å². The van der Waals surface area contributed by atoms with Gasteiger partial charge in [0.25, 0.3) is 0 Å². The van der Waals surface area contributed by atoms with Crippen LogP contribution in [0.4, 0.5) is 0 Å². The fourth-order valence-corrected chi connectivity index (χ4v) is 2.81. The number of nitrogens with zero attached hydrogens (tertiary/aromatic N) is 2. The number of rotatable bonds is 7. The Morgan fingerprint density at radius 3 is 2.12 bits per heavy atom. The number of hydrogen-bond donors (Lipinski definition) is 1. The third kappa shape index (κ3) is 3.43. The van der Waals surface area contributed by atoms with E-state index in [0.717, 1.165) is 6.54 Å². The molecule has 0 heterocycles. The summed E-state index contributed by atoms with van der Waals surface area (Å²) in [4.78, 5) is 4.95. The maximum Gasteiger partial charge on any atom is 0.0330 e. The summed E-state index contributed by atoms with van der Waals surface area (Å²) in [5.74, 6) is 0. The lowest BCUT2D eigenvalue weighted by Gasteiger charge is -2.50. The molecule has 1 aliphatic carbocycles. The van der Waals surface area contributed by atoms with Gasteiger partial charge in [0, 0.05) is 24.2 Å². The highest BCUT2D eigenvalue weighted by atomic mass is 15.2. The molecular formula is C14H31N3. The minimum atomic E-state index is 0.439. The quantitative estimate of drug-likeness (QED) is 0.733. The van der Waals surface area contributed by atoms with E-state index < -0.39 is 0 Å². The molecule has 0 bridgehead atoms. The Morgan fingerprint density at radius 1 is 1.18 bits per heavy atom. The van der Waals surface area contributed by atoms with Crippen LogP contribution in [0.25, 0.3) is 0 Å². The summed E-state index contributed by atoms with van der Waals surface area (Å²) < 4.78 is 0. The molecule has 17 heavy (non-hydrogen) atoms. The molecule has 0 aliphatic heterocycles. The Balaban J connectivity index is 2.49. The van der Waals surface area contributed by atoms with Gasteiger partial charge in [0.15, 0.2) is 0 Å². The third-order valence-electron chi connectivity index (χ3n) is 4.72. The SMILES string of the molecule is CCNC(C)C(C)N(C)CC1(N(C)C)CCC1. The van der Waals surface area contributed by atoms with Crippen molar-refractivity contribution in [1.29, 1.82) is 0 Å². The second-order valence-corrected chi connectivity index (χ2v) is 5.97. The summed E-state index contributed by atoms with van der Waals surface area (Å²) in [6.07, 6.45) is 4.10.